The average Bonchev–Trinajstić information content (AvgIpc) is 2.14. The molecule has 0 spiro atoms. The molecule has 0 aromatic rings. The van der Waals surface area contributed by atoms with Gasteiger partial charge >= 0.3 is 0 Å². The van der Waals surface area contributed by atoms with Crippen molar-refractivity contribution in [2.45, 2.75) is 13.0 Å². The Balaban J connectivity index is 2.30. The Bertz CT molecular complexity index is 72.9. The van der Waals surface area contributed by atoms with Gasteiger partial charge in [0.25, 0.3) is 0 Å². The first-order chi connectivity index (χ1) is 3.84. The van der Waals surface area contributed by atoms with Gasteiger partial charge in [0.1, 0.15) is 0 Å². The minimum Gasteiger partial charge on any atom is -0.379 e. The fourth-order valence-corrected chi connectivity index (χ4v) is 0.942. The molecule has 0 radical (unpaired) electrons. The van der Waals surface area contributed by atoms with Crippen LogP contribution in [0.25, 0.3) is 0 Å². The van der Waals surface area contributed by atoms with Gasteiger partial charge in [-0.3, -0.25) is 0 Å². The average molecular weight is 116 g/mol. The molecule has 1 aliphatic rings. The highest BCUT2D eigenvalue weighted by atomic mass is 16.5. The van der Waals surface area contributed by atoms with Crippen LogP contribution in [0.4, 0.5) is 0 Å². The Morgan fingerprint density at radius 3 is 2.50 bits per heavy atom. The molecule has 8 heavy (non-hydrogen) atoms. The van der Waals surface area contributed by atoms with Crippen LogP contribution in [0.15, 0.2) is 0 Å². The summed E-state index contributed by atoms with van der Waals surface area (Å²) < 4.78 is 10.2. The Kier molecular flexibility index (Phi) is 1.86. The molecule has 0 aromatic heterocycles. The summed E-state index contributed by atoms with van der Waals surface area (Å²) >= 11 is 0. The Morgan fingerprint density at radius 1 is 1.50 bits per heavy atom. The molecule has 1 saturated heterocycles. The van der Waals surface area contributed by atoms with Crippen molar-refractivity contribution in [1.29, 1.82) is 0 Å². The van der Waals surface area contributed by atoms with E-state index in [1.54, 1.807) is 7.11 Å². The van der Waals surface area contributed by atoms with Crippen LogP contribution in [0, 0.1) is 5.92 Å². The van der Waals surface area contributed by atoms with Crippen molar-refractivity contribution >= 4 is 0 Å². The third-order valence-corrected chi connectivity index (χ3v) is 1.60. The topological polar surface area (TPSA) is 18.5 Å². The lowest BCUT2D eigenvalue weighted by Gasteiger charge is -2.08. The van der Waals surface area contributed by atoms with E-state index in [4.69, 9.17) is 9.47 Å². The van der Waals surface area contributed by atoms with Crippen LogP contribution in [0.5, 0.6) is 0 Å². The second-order valence-corrected chi connectivity index (χ2v) is 2.29. The summed E-state index contributed by atoms with van der Waals surface area (Å²) in [7, 11) is 1.73. The minimum atomic E-state index is 0.343. The lowest BCUT2D eigenvalue weighted by molar-refractivity contribution is 0.0697. The number of methoxy groups -OCH3 is 1. The highest BCUT2D eigenvalue weighted by Crippen LogP contribution is 2.14. The van der Waals surface area contributed by atoms with Crippen LogP contribution < -0.4 is 0 Å². The van der Waals surface area contributed by atoms with Crippen LogP contribution in [0.3, 0.4) is 0 Å². The lowest BCUT2D eigenvalue weighted by Crippen LogP contribution is -2.17. The van der Waals surface area contributed by atoms with Crippen LogP contribution in [-0.2, 0) is 9.47 Å². The number of rotatable bonds is 1. The Hall–Kier alpha value is -0.0800. The van der Waals surface area contributed by atoms with Gasteiger partial charge in [-0.1, -0.05) is 6.92 Å². The van der Waals surface area contributed by atoms with E-state index in [0.29, 0.717) is 12.0 Å². The monoisotopic (exact) mass is 116 g/mol. The van der Waals surface area contributed by atoms with Crippen LogP contribution in [0.2, 0.25) is 0 Å². The van der Waals surface area contributed by atoms with E-state index in [1.807, 2.05) is 0 Å². The van der Waals surface area contributed by atoms with E-state index in [-0.39, 0.29) is 0 Å². The number of hydrogen-bond acceptors (Lipinski definition) is 2. The quantitative estimate of drug-likeness (QED) is 0.501. The maximum atomic E-state index is 5.14. The van der Waals surface area contributed by atoms with Gasteiger partial charge in [-0.25, -0.2) is 0 Å². The van der Waals surface area contributed by atoms with E-state index in [0.717, 1.165) is 13.2 Å². The second-order valence-electron chi connectivity index (χ2n) is 2.29. The summed E-state index contributed by atoms with van der Waals surface area (Å²) in [5.41, 5.74) is 0. The molecule has 2 nitrogen and oxygen atoms in total. The SMILES string of the molecule is COC1COCC1C. The maximum Gasteiger partial charge on any atom is 0.0852 e. The van der Waals surface area contributed by atoms with Gasteiger partial charge in [0.05, 0.1) is 19.3 Å². The first-order valence-electron chi connectivity index (χ1n) is 2.95. The fourth-order valence-electron chi connectivity index (χ4n) is 0.942. The first kappa shape index (κ1) is 6.05. The second kappa shape index (κ2) is 2.46. The van der Waals surface area contributed by atoms with E-state index in [2.05, 4.69) is 6.92 Å². The van der Waals surface area contributed by atoms with Gasteiger partial charge in [0.2, 0.25) is 0 Å². The summed E-state index contributed by atoms with van der Waals surface area (Å²) in [5, 5.41) is 0. The normalized spacial score (nSPS) is 38.2. The standard InChI is InChI=1S/C6H12O2/c1-5-3-8-4-6(5)7-2/h5-6H,3-4H2,1-2H3. The van der Waals surface area contributed by atoms with E-state index < -0.39 is 0 Å². The lowest BCUT2D eigenvalue weighted by atomic mass is 10.1. The zero-order chi connectivity index (χ0) is 5.98. The molecule has 2 atom stereocenters. The largest absolute Gasteiger partial charge is 0.379 e. The zero-order valence-corrected chi connectivity index (χ0v) is 5.39. The number of hydrogen-bond donors (Lipinski definition) is 0. The Labute approximate surface area is 49.8 Å². The smallest absolute Gasteiger partial charge is 0.0852 e. The predicted molar refractivity (Wildman–Crippen MR) is 30.8 cm³/mol. The van der Waals surface area contributed by atoms with Crippen molar-refractivity contribution in [1.82, 2.24) is 0 Å². The maximum absolute atomic E-state index is 5.14. The first-order valence-corrected chi connectivity index (χ1v) is 2.95. The van der Waals surface area contributed by atoms with E-state index in [9.17, 15) is 0 Å². The molecule has 1 aliphatic heterocycles. The summed E-state index contributed by atoms with van der Waals surface area (Å²) in [6.07, 6.45) is 0.343. The van der Waals surface area contributed by atoms with Crippen molar-refractivity contribution in [2.24, 2.45) is 5.92 Å². The molecule has 2 heteroatoms. The van der Waals surface area contributed by atoms with Crippen molar-refractivity contribution in [3.8, 4) is 0 Å². The van der Waals surface area contributed by atoms with Gasteiger partial charge in [0.15, 0.2) is 0 Å². The molecular formula is C6H12O2. The third-order valence-electron chi connectivity index (χ3n) is 1.60. The van der Waals surface area contributed by atoms with Gasteiger partial charge < -0.3 is 9.47 Å². The van der Waals surface area contributed by atoms with Crippen LogP contribution in [-0.4, -0.2) is 26.4 Å². The minimum absolute atomic E-state index is 0.343. The molecule has 0 aliphatic carbocycles. The van der Waals surface area contributed by atoms with E-state index >= 15 is 0 Å². The molecule has 1 heterocycles. The predicted octanol–water partition coefficient (Wildman–Crippen LogP) is 0.668. The summed E-state index contributed by atoms with van der Waals surface area (Å²) in [6, 6.07) is 0. The number of ether oxygens (including phenoxy) is 2. The van der Waals surface area contributed by atoms with Gasteiger partial charge in [-0.2, -0.15) is 0 Å². The van der Waals surface area contributed by atoms with Gasteiger partial charge in [0, 0.05) is 13.0 Å². The summed E-state index contributed by atoms with van der Waals surface area (Å²) in [5.74, 6) is 0.583. The molecule has 1 fully saturated rings. The van der Waals surface area contributed by atoms with Crippen molar-refractivity contribution in [3.05, 3.63) is 0 Å². The van der Waals surface area contributed by atoms with Gasteiger partial charge in [-0.05, 0) is 0 Å². The fraction of sp³-hybridized carbons (Fsp3) is 1.00. The highest BCUT2D eigenvalue weighted by molar-refractivity contribution is 4.70. The highest BCUT2D eigenvalue weighted by Gasteiger charge is 2.22. The molecule has 2 unspecified atom stereocenters. The molecule has 0 saturated carbocycles. The summed E-state index contributed by atoms with van der Waals surface area (Å²) in [6.45, 7) is 3.78. The Morgan fingerprint density at radius 2 is 2.25 bits per heavy atom. The molecule has 0 aromatic carbocycles. The third kappa shape index (κ3) is 1.01. The van der Waals surface area contributed by atoms with Crippen molar-refractivity contribution in [2.75, 3.05) is 20.3 Å². The van der Waals surface area contributed by atoms with E-state index in [1.165, 1.54) is 0 Å². The van der Waals surface area contributed by atoms with Crippen LogP contribution in [0.1, 0.15) is 6.92 Å². The van der Waals surface area contributed by atoms with Gasteiger partial charge in [-0.15, -0.1) is 0 Å². The molecule has 48 valence electrons. The summed E-state index contributed by atoms with van der Waals surface area (Å²) in [4.78, 5) is 0. The molecule has 0 N–H and O–H groups in total. The van der Waals surface area contributed by atoms with Crippen molar-refractivity contribution in [3.63, 3.8) is 0 Å². The van der Waals surface area contributed by atoms with Crippen molar-refractivity contribution < 1.29 is 9.47 Å². The molecule has 0 bridgehead atoms. The molecular weight excluding hydrogens is 104 g/mol. The molecule has 0 amide bonds. The zero-order valence-electron chi connectivity index (χ0n) is 5.39. The molecule has 1 rings (SSSR count). The van der Waals surface area contributed by atoms with Crippen LogP contribution >= 0.6 is 0 Å².